The number of fused-ring (bicyclic) bond motifs is 1. The number of benzene rings is 1. The minimum absolute atomic E-state index is 0.136. The topological polar surface area (TPSA) is 108 Å². The normalized spacial score (nSPS) is 22.1. The summed E-state index contributed by atoms with van der Waals surface area (Å²) in [7, 11) is 0. The van der Waals surface area contributed by atoms with Crippen molar-refractivity contribution in [3.8, 4) is 5.75 Å². The number of amides is 1. The Morgan fingerprint density at radius 1 is 1.40 bits per heavy atom. The molecule has 0 radical (unpaired) electrons. The molecule has 0 fully saturated rings. The summed E-state index contributed by atoms with van der Waals surface area (Å²) < 4.78 is 17.3. The SMILES string of the molecule is CCCCOC1=CC(=O)N([C@H]2c3cc([N+](=O)[O-])ccc3OC(C)(C)[C@@H]2OC(C)=O)C1. The smallest absolute Gasteiger partial charge is 0.303 e. The third-order valence-corrected chi connectivity index (χ3v) is 5.18. The molecule has 0 unspecified atom stereocenters. The molecule has 0 spiro atoms. The van der Waals surface area contributed by atoms with Crippen LogP contribution in [-0.2, 0) is 19.1 Å². The molecule has 2 aliphatic heterocycles. The van der Waals surface area contributed by atoms with E-state index in [1.54, 1.807) is 13.8 Å². The number of ether oxygens (including phenoxy) is 3. The number of rotatable bonds is 7. The molecule has 0 N–H and O–H groups in total. The molecular weight excluding hydrogens is 392 g/mol. The predicted molar refractivity (Wildman–Crippen MR) is 107 cm³/mol. The maximum Gasteiger partial charge on any atom is 0.303 e. The van der Waals surface area contributed by atoms with Gasteiger partial charge in [0.15, 0.2) is 6.10 Å². The standard InChI is InChI=1S/C21H26N2O7/c1-5-6-9-28-15-11-18(25)22(12-15)19-16-10-14(23(26)27)7-8-17(16)30-21(3,4)20(19)29-13(2)24/h7-8,10-11,19-20H,5-6,9,12H2,1-4H3/t19-,20+/m0/s1. The van der Waals surface area contributed by atoms with Crippen LogP contribution in [-0.4, -0.2) is 46.6 Å². The molecular formula is C21H26N2O7. The van der Waals surface area contributed by atoms with Crippen LogP contribution in [0.1, 0.15) is 52.1 Å². The van der Waals surface area contributed by atoms with Gasteiger partial charge in [-0.25, -0.2) is 0 Å². The van der Waals surface area contributed by atoms with Crippen molar-refractivity contribution >= 4 is 17.6 Å². The van der Waals surface area contributed by atoms with Crippen LogP contribution in [0.5, 0.6) is 5.75 Å². The minimum atomic E-state index is -0.967. The molecule has 0 aliphatic carbocycles. The minimum Gasteiger partial charge on any atom is -0.496 e. The van der Waals surface area contributed by atoms with Crippen LogP contribution in [0.15, 0.2) is 30.0 Å². The number of nitrogens with zero attached hydrogens (tertiary/aromatic N) is 2. The van der Waals surface area contributed by atoms with E-state index in [4.69, 9.17) is 14.2 Å². The summed E-state index contributed by atoms with van der Waals surface area (Å²) in [5, 5.41) is 11.3. The first-order valence-corrected chi connectivity index (χ1v) is 9.92. The highest BCUT2D eigenvalue weighted by molar-refractivity contribution is 5.91. The zero-order chi connectivity index (χ0) is 22.1. The zero-order valence-electron chi connectivity index (χ0n) is 17.5. The number of nitro benzene ring substituents is 1. The quantitative estimate of drug-likeness (QED) is 0.289. The lowest BCUT2D eigenvalue weighted by Crippen LogP contribution is -2.55. The third-order valence-electron chi connectivity index (χ3n) is 5.18. The first kappa shape index (κ1) is 21.6. The van der Waals surface area contributed by atoms with E-state index >= 15 is 0 Å². The summed E-state index contributed by atoms with van der Waals surface area (Å²) in [6.07, 6.45) is 2.38. The molecule has 1 amide bonds. The first-order chi connectivity index (χ1) is 14.1. The Hall–Kier alpha value is -3.10. The van der Waals surface area contributed by atoms with Gasteiger partial charge in [-0.3, -0.25) is 19.7 Å². The molecule has 30 heavy (non-hydrogen) atoms. The lowest BCUT2D eigenvalue weighted by atomic mass is 9.85. The first-order valence-electron chi connectivity index (χ1n) is 9.92. The average molecular weight is 418 g/mol. The van der Waals surface area contributed by atoms with Gasteiger partial charge in [0.25, 0.3) is 11.6 Å². The Bertz CT molecular complexity index is 893. The van der Waals surface area contributed by atoms with E-state index in [1.807, 2.05) is 6.92 Å². The average Bonchev–Trinajstić information content (AvgIpc) is 3.01. The maximum absolute atomic E-state index is 12.8. The molecule has 0 saturated carbocycles. The van der Waals surface area contributed by atoms with Crippen molar-refractivity contribution < 1.29 is 28.7 Å². The van der Waals surface area contributed by atoms with Crippen LogP contribution in [0.2, 0.25) is 0 Å². The van der Waals surface area contributed by atoms with E-state index in [1.165, 1.54) is 36.1 Å². The van der Waals surface area contributed by atoms with E-state index in [0.29, 0.717) is 23.7 Å². The Morgan fingerprint density at radius 3 is 2.77 bits per heavy atom. The van der Waals surface area contributed by atoms with Crippen molar-refractivity contribution in [2.24, 2.45) is 0 Å². The van der Waals surface area contributed by atoms with Crippen molar-refractivity contribution in [2.45, 2.75) is 58.3 Å². The summed E-state index contributed by atoms with van der Waals surface area (Å²) in [5.41, 5.74) is -0.681. The molecule has 1 aromatic rings. The van der Waals surface area contributed by atoms with Crippen molar-refractivity contribution in [2.75, 3.05) is 13.2 Å². The molecule has 2 atom stereocenters. The number of hydrogen-bond donors (Lipinski definition) is 0. The predicted octanol–water partition coefficient (Wildman–Crippen LogP) is 3.28. The number of hydrogen-bond acceptors (Lipinski definition) is 7. The molecule has 0 saturated heterocycles. The lowest BCUT2D eigenvalue weighted by Gasteiger charge is -2.46. The van der Waals surface area contributed by atoms with Gasteiger partial charge in [-0.05, 0) is 26.3 Å². The fourth-order valence-electron chi connectivity index (χ4n) is 3.76. The maximum atomic E-state index is 12.8. The van der Waals surface area contributed by atoms with Gasteiger partial charge in [0, 0.05) is 30.7 Å². The van der Waals surface area contributed by atoms with Gasteiger partial charge in [-0.2, -0.15) is 0 Å². The van der Waals surface area contributed by atoms with Crippen molar-refractivity contribution in [3.05, 3.63) is 45.7 Å². The lowest BCUT2D eigenvalue weighted by molar-refractivity contribution is -0.385. The van der Waals surface area contributed by atoms with Gasteiger partial charge < -0.3 is 19.1 Å². The van der Waals surface area contributed by atoms with Gasteiger partial charge in [-0.15, -0.1) is 0 Å². The van der Waals surface area contributed by atoms with Crippen LogP contribution < -0.4 is 4.74 Å². The van der Waals surface area contributed by atoms with E-state index in [2.05, 4.69) is 0 Å². The number of carbonyl (C=O) groups is 2. The third kappa shape index (κ3) is 4.24. The number of unbranched alkanes of at least 4 members (excludes halogenated alkanes) is 1. The van der Waals surface area contributed by atoms with E-state index in [-0.39, 0.29) is 18.1 Å². The molecule has 9 nitrogen and oxygen atoms in total. The fraction of sp³-hybridized carbons (Fsp3) is 0.524. The molecule has 2 heterocycles. The van der Waals surface area contributed by atoms with Gasteiger partial charge in [0.1, 0.15) is 23.2 Å². The van der Waals surface area contributed by atoms with Crippen LogP contribution in [0.3, 0.4) is 0 Å². The highest BCUT2D eigenvalue weighted by Gasteiger charge is 2.51. The van der Waals surface area contributed by atoms with E-state index < -0.39 is 28.6 Å². The molecule has 1 aromatic carbocycles. The molecule has 162 valence electrons. The number of carbonyl (C=O) groups excluding carboxylic acids is 2. The van der Waals surface area contributed by atoms with Gasteiger partial charge in [0.05, 0.1) is 18.1 Å². The van der Waals surface area contributed by atoms with Crippen molar-refractivity contribution in [1.29, 1.82) is 0 Å². The second kappa shape index (κ2) is 8.33. The molecule has 9 heteroatoms. The highest BCUT2D eigenvalue weighted by Crippen LogP contribution is 2.46. The summed E-state index contributed by atoms with van der Waals surface area (Å²) >= 11 is 0. The Balaban J connectivity index is 2.02. The number of nitro groups is 1. The summed E-state index contributed by atoms with van der Waals surface area (Å²) in [4.78, 5) is 37.0. The second-order valence-corrected chi connectivity index (χ2v) is 7.94. The van der Waals surface area contributed by atoms with E-state index in [9.17, 15) is 19.7 Å². The Labute approximate surface area is 174 Å². The highest BCUT2D eigenvalue weighted by atomic mass is 16.6. The van der Waals surface area contributed by atoms with E-state index in [0.717, 1.165) is 12.8 Å². The number of non-ortho nitro benzene ring substituents is 1. The summed E-state index contributed by atoms with van der Waals surface area (Å²) in [6, 6.07) is 3.47. The zero-order valence-corrected chi connectivity index (χ0v) is 17.5. The molecule has 0 aromatic heterocycles. The monoisotopic (exact) mass is 418 g/mol. The Kier molecular flexibility index (Phi) is 6.00. The van der Waals surface area contributed by atoms with Crippen LogP contribution in [0.4, 0.5) is 5.69 Å². The van der Waals surface area contributed by atoms with Crippen LogP contribution >= 0.6 is 0 Å². The largest absolute Gasteiger partial charge is 0.496 e. The number of esters is 1. The Morgan fingerprint density at radius 2 is 2.13 bits per heavy atom. The van der Waals surface area contributed by atoms with Crippen LogP contribution in [0, 0.1) is 10.1 Å². The fourth-order valence-corrected chi connectivity index (χ4v) is 3.76. The second-order valence-electron chi connectivity index (χ2n) is 7.94. The van der Waals surface area contributed by atoms with Gasteiger partial charge >= 0.3 is 5.97 Å². The summed E-state index contributed by atoms with van der Waals surface area (Å²) in [5.74, 6) is 0.0897. The summed E-state index contributed by atoms with van der Waals surface area (Å²) in [6.45, 7) is 7.51. The van der Waals surface area contributed by atoms with Crippen molar-refractivity contribution in [3.63, 3.8) is 0 Å². The molecule has 0 bridgehead atoms. The molecule has 2 aliphatic rings. The van der Waals surface area contributed by atoms with Gasteiger partial charge in [0.2, 0.25) is 0 Å². The van der Waals surface area contributed by atoms with Crippen LogP contribution in [0.25, 0.3) is 0 Å². The van der Waals surface area contributed by atoms with Crippen molar-refractivity contribution in [1.82, 2.24) is 4.90 Å². The van der Waals surface area contributed by atoms with Gasteiger partial charge in [-0.1, -0.05) is 13.3 Å². The molecule has 3 rings (SSSR count).